The SMILES string of the molecule is CC.CC1(C)CC2NC(=O)c3ccc4c(c3)[C@@H](CCO4)N3C(=O)CC(CC/C=C/c4ccc(c2c4)O1)N=C3N. The Kier molecular flexibility index (Phi) is 7.38. The first-order valence-electron chi connectivity index (χ1n) is 14.0. The zero-order valence-corrected chi connectivity index (χ0v) is 23.2. The van der Waals surface area contributed by atoms with Crippen molar-refractivity contribution in [3.8, 4) is 11.5 Å². The van der Waals surface area contributed by atoms with Gasteiger partial charge in [-0.15, -0.1) is 0 Å². The number of amides is 2. The Morgan fingerprint density at radius 1 is 1.05 bits per heavy atom. The van der Waals surface area contributed by atoms with Crippen LogP contribution in [0.15, 0.2) is 47.5 Å². The van der Waals surface area contributed by atoms with Crippen LogP contribution in [-0.4, -0.2) is 40.9 Å². The van der Waals surface area contributed by atoms with Crippen LogP contribution in [0.2, 0.25) is 0 Å². The lowest BCUT2D eigenvalue weighted by molar-refractivity contribution is -0.130. The number of carbonyl (C=O) groups is 2. The summed E-state index contributed by atoms with van der Waals surface area (Å²) in [5, 5.41) is 3.24. The lowest BCUT2D eigenvalue weighted by Crippen LogP contribution is -2.50. The van der Waals surface area contributed by atoms with Gasteiger partial charge in [0.05, 0.1) is 24.7 Å². The van der Waals surface area contributed by atoms with E-state index in [9.17, 15) is 9.59 Å². The molecule has 2 aromatic carbocycles. The highest BCUT2D eigenvalue weighted by molar-refractivity contribution is 5.99. The maximum atomic E-state index is 13.6. The fourth-order valence-electron chi connectivity index (χ4n) is 5.86. The van der Waals surface area contributed by atoms with Crippen molar-refractivity contribution in [2.75, 3.05) is 6.61 Å². The molecule has 39 heavy (non-hydrogen) atoms. The highest BCUT2D eigenvalue weighted by Crippen LogP contribution is 2.41. The maximum absolute atomic E-state index is 13.6. The fraction of sp³-hybridized carbons (Fsp3) is 0.452. The Hall–Kier alpha value is -3.81. The van der Waals surface area contributed by atoms with Gasteiger partial charge in [0.25, 0.3) is 5.91 Å². The summed E-state index contributed by atoms with van der Waals surface area (Å²) in [7, 11) is 0. The molecule has 0 aliphatic carbocycles. The van der Waals surface area contributed by atoms with E-state index in [0.29, 0.717) is 37.2 Å². The summed E-state index contributed by atoms with van der Waals surface area (Å²) < 4.78 is 12.1. The van der Waals surface area contributed by atoms with Gasteiger partial charge in [-0.1, -0.05) is 32.1 Å². The third kappa shape index (κ3) is 5.37. The number of guanidine groups is 1. The minimum Gasteiger partial charge on any atom is -0.493 e. The van der Waals surface area contributed by atoms with Crippen LogP contribution in [0.25, 0.3) is 6.08 Å². The smallest absolute Gasteiger partial charge is 0.251 e. The Morgan fingerprint density at radius 2 is 1.85 bits per heavy atom. The molecule has 6 bridgehead atoms. The van der Waals surface area contributed by atoms with E-state index >= 15 is 0 Å². The van der Waals surface area contributed by atoms with Gasteiger partial charge in [0, 0.05) is 36.0 Å². The van der Waals surface area contributed by atoms with E-state index in [0.717, 1.165) is 35.3 Å². The van der Waals surface area contributed by atoms with Crippen molar-refractivity contribution >= 4 is 23.8 Å². The van der Waals surface area contributed by atoms with Crippen LogP contribution in [0.3, 0.4) is 0 Å². The van der Waals surface area contributed by atoms with Gasteiger partial charge in [0.15, 0.2) is 5.96 Å². The lowest BCUT2D eigenvalue weighted by Gasteiger charge is -2.38. The van der Waals surface area contributed by atoms with E-state index in [1.807, 2.05) is 52.0 Å². The van der Waals surface area contributed by atoms with Gasteiger partial charge in [0.1, 0.15) is 17.1 Å². The minimum absolute atomic E-state index is 0.0417. The molecule has 3 atom stereocenters. The molecule has 5 heterocycles. The molecule has 3 N–H and O–H groups in total. The van der Waals surface area contributed by atoms with Crippen LogP contribution in [0.4, 0.5) is 0 Å². The lowest BCUT2D eigenvalue weighted by atomic mass is 9.88. The van der Waals surface area contributed by atoms with Gasteiger partial charge in [-0.3, -0.25) is 14.5 Å². The topological polar surface area (TPSA) is 106 Å². The third-order valence-electron chi connectivity index (χ3n) is 7.61. The summed E-state index contributed by atoms with van der Waals surface area (Å²) in [5.74, 6) is 1.47. The van der Waals surface area contributed by atoms with E-state index in [4.69, 9.17) is 15.2 Å². The van der Waals surface area contributed by atoms with Crippen molar-refractivity contribution in [1.29, 1.82) is 0 Å². The van der Waals surface area contributed by atoms with Crippen molar-refractivity contribution in [3.05, 3.63) is 64.7 Å². The molecule has 0 radical (unpaired) electrons. The predicted octanol–water partition coefficient (Wildman–Crippen LogP) is 5.29. The van der Waals surface area contributed by atoms with Gasteiger partial charge in [0.2, 0.25) is 5.91 Å². The van der Waals surface area contributed by atoms with E-state index in [2.05, 4.69) is 28.5 Å². The Morgan fingerprint density at radius 3 is 2.64 bits per heavy atom. The number of nitrogens with one attached hydrogen (secondary N) is 1. The molecule has 5 aliphatic rings. The molecule has 0 fully saturated rings. The van der Waals surface area contributed by atoms with Gasteiger partial charge in [-0.05, 0) is 62.6 Å². The Balaban J connectivity index is 0.00000151. The van der Waals surface area contributed by atoms with Crippen molar-refractivity contribution in [2.24, 2.45) is 10.7 Å². The number of benzene rings is 2. The molecule has 0 aromatic heterocycles. The zero-order chi connectivity index (χ0) is 27.7. The maximum Gasteiger partial charge on any atom is 0.251 e. The summed E-state index contributed by atoms with van der Waals surface area (Å²) in [6.07, 6.45) is 7.23. The minimum atomic E-state index is -0.419. The quantitative estimate of drug-likeness (QED) is 0.481. The van der Waals surface area contributed by atoms with Crippen molar-refractivity contribution in [1.82, 2.24) is 10.2 Å². The molecule has 2 amide bonds. The Bertz CT molecular complexity index is 1330. The van der Waals surface area contributed by atoms with Crippen LogP contribution < -0.4 is 20.5 Å². The van der Waals surface area contributed by atoms with Crippen LogP contribution in [0.5, 0.6) is 11.5 Å². The molecule has 5 aliphatic heterocycles. The standard InChI is InChI=1S/C29H32N4O4.C2H6/c1-29(2)16-22-20-13-17(7-9-25(20)37-29)5-3-4-6-19-15-26(34)33(28(30)31-19)23-11-12-36-24-10-8-18(14-21(23)24)27(35)32-22;1-2/h3,5,7-10,13-14,19,22-23H,4,6,11-12,15-16H2,1-2H3,(H2,30,31)(H,32,35);1-2H3/b5-3+;/t19?,22?,23-;/m1./s1. The Labute approximate surface area is 230 Å². The molecule has 8 nitrogen and oxygen atoms in total. The highest BCUT2D eigenvalue weighted by atomic mass is 16.5. The number of aliphatic imine (C=N–C) groups is 1. The third-order valence-corrected chi connectivity index (χ3v) is 7.61. The summed E-state index contributed by atoms with van der Waals surface area (Å²) >= 11 is 0. The summed E-state index contributed by atoms with van der Waals surface area (Å²) in [6, 6.07) is 10.8. The molecular formula is C31H38N4O4. The molecule has 0 saturated carbocycles. The van der Waals surface area contributed by atoms with Crippen LogP contribution in [0.1, 0.15) is 98.9 Å². The zero-order valence-electron chi connectivity index (χ0n) is 23.2. The van der Waals surface area contributed by atoms with Crippen LogP contribution in [0, 0.1) is 0 Å². The average molecular weight is 531 g/mol. The van der Waals surface area contributed by atoms with Gasteiger partial charge < -0.3 is 20.5 Å². The molecule has 206 valence electrons. The average Bonchev–Trinajstić information content (AvgIpc) is 2.91. The summed E-state index contributed by atoms with van der Waals surface area (Å²) in [4.78, 5) is 33.1. The molecule has 0 saturated heterocycles. The summed E-state index contributed by atoms with van der Waals surface area (Å²) in [6.45, 7) is 8.54. The number of allylic oxidation sites excluding steroid dienone is 1. The van der Waals surface area contributed by atoms with E-state index in [-0.39, 0.29) is 35.9 Å². The number of nitrogens with zero attached hydrogens (tertiary/aromatic N) is 2. The first-order valence-corrected chi connectivity index (χ1v) is 14.0. The number of nitrogens with two attached hydrogens (primary N) is 1. The molecule has 0 spiro atoms. The second-order valence-electron chi connectivity index (χ2n) is 10.9. The van der Waals surface area contributed by atoms with Crippen molar-refractivity contribution in [3.63, 3.8) is 0 Å². The predicted molar refractivity (Wildman–Crippen MR) is 152 cm³/mol. The van der Waals surface area contributed by atoms with E-state index in [1.54, 1.807) is 11.0 Å². The van der Waals surface area contributed by atoms with Crippen molar-refractivity contribution in [2.45, 2.75) is 83.5 Å². The molecule has 2 unspecified atom stereocenters. The van der Waals surface area contributed by atoms with Crippen LogP contribution >= 0.6 is 0 Å². The molecule has 8 heteroatoms. The number of hydrogen-bond acceptors (Lipinski definition) is 6. The molecular weight excluding hydrogens is 492 g/mol. The van der Waals surface area contributed by atoms with Gasteiger partial charge in [-0.2, -0.15) is 0 Å². The molecule has 2 aromatic rings. The normalized spacial score (nSPS) is 25.9. The fourth-order valence-corrected chi connectivity index (χ4v) is 5.86. The number of carbonyl (C=O) groups excluding carboxylic acids is 2. The number of hydrogen-bond donors (Lipinski definition) is 2. The number of fused-ring (bicyclic) bond motifs is 4. The number of ether oxygens (including phenoxy) is 2. The highest BCUT2D eigenvalue weighted by Gasteiger charge is 2.38. The summed E-state index contributed by atoms with van der Waals surface area (Å²) in [5.41, 5.74) is 9.24. The van der Waals surface area contributed by atoms with E-state index in [1.165, 1.54) is 0 Å². The molecule has 7 rings (SSSR count). The van der Waals surface area contributed by atoms with Crippen LogP contribution in [-0.2, 0) is 4.79 Å². The number of rotatable bonds is 0. The first-order chi connectivity index (χ1) is 18.8. The first kappa shape index (κ1) is 26.8. The second kappa shape index (κ2) is 10.8. The van der Waals surface area contributed by atoms with Gasteiger partial charge in [-0.25, -0.2) is 4.99 Å². The second-order valence-corrected chi connectivity index (χ2v) is 10.9. The van der Waals surface area contributed by atoms with Crippen molar-refractivity contribution < 1.29 is 19.1 Å². The van der Waals surface area contributed by atoms with E-state index < -0.39 is 5.60 Å². The van der Waals surface area contributed by atoms with Gasteiger partial charge >= 0.3 is 0 Å². The monoisotopic (exact) mass is 530 g/mol. The largest absolute Gasteiger partial charge is 0.493 e.